The fraction of sp³-hybridized carbons (Fsp3) is 0.550. The summed E-state index contributed by atoms with van der Waals surface area (Å²) in [5.74, 6) is 2.21. The van der Waals surface area contributed by atoms with Crippen molar-refractivity contribution in [3.8, 4) is 0 Å². The first-order chi connectivity index (χ1) is 13.6. The molecule has 0 bridgehead atoms. The Hall–Kier alpha value is -2.48. The Balaban J connectivity index is 1.66. The maximum absolute atomic E-state index is 14.2. The van der Waals surface area contributed by atoms with Crippen molar-refractivity contribution in [1.82, 2.24) is 25.4 Å². The molecule has 0 saturated heterocycles. The van der Waals surface area contributed by atoms with E-state index in [0.717, 1.165) is 43.0 Å². The Morgan fingerprint density at radius 1 is 1.29 bits per heavy atom. The van der Waals surface area contributed by atoms with Crippen molar-refractivity contribution in [2.24, 2.45) is 12.0 Å². The van der Waals surface area contributed by atoms with Gasteiger partial charge >= 0.3 is 0 Å². The molecule has 1 aliphatic rings. The number of aryl methyl sites for hydroxylation is 1. The van der Waals surface area contributed by atoms with Crippen LogP contribution in [0.5, 0.6) is 0 Å². The highest BCUT2D eigenvalue weighted by Crippen LogP contribution is 2.48. The zero-order chi connectivity index (χ0) is 20.0. The molecule has 28 heavy (non-hydrogen) atoms. The average molecular weight is 388 g/mol. The van der Waals surface area contributed by atoms with Crippen LogP contribution in [-0.2, 0) is 23.7 Å². The lowest BCUT2D eigenvalue weighted by Gasteiger charge is -2.20. The minimum Gasteiger partial charge on any atom is -0.385 e. The van der Waals surface area contributed by atoms with Crippen molar-refractivity contribution in [2.75, 3.05) is 26.8 Å². The predicted octanol–water partition coefficient (Wildman–Crippen LogP) is 2.07. The van der Waals surface area contributed by atoms with Crippen LogP contribution in [0.1, 0.15) is 36.5 Å². The van der Waals surface area contributed by atoms with E-state index in [4.69, 9.17) is 4.74 Å². The van der Waals surface area contributed by atoms with E-state index in [0.29, 0.717) is 25.7 Å². The molecule has 1 saturated carbocycles. The van der Waals surface area contributed by atoms with Crippen LogP contribution in [0.15, 0.2) is 29.3 Å². The van der Waals surface area contributed by atoms with Crippen LogP contribution in [0.3, 0.4) is 0 Å². The maximum atomic E-state index is 14.2. The normalized spacial score (nSPS) is 15.5. The molecule has 1 aromatic carbocycles. The lowest BCUT2D eigenvalue weighted by Crippen LogP contribution is -2.42. The first kappa shape index (κ1) is 20.3. The second-order valence-corrected chi connectivity index (χ2v) is 7.27. The van der Waals surface area contributed by atoms with Gasteiger partial charge in [0.2, 0.25) is 0 Å². The third-order valence-electron chi connectivity index (χ3n) is 5.27. The van der Waals surface area contributed by atoms with Crippen molar-refractivity contribution in [3.05, 3.63) is 47.3 Å². The number of hydrogen-bond donors (Lipinski definition) is 2. The number of aliphatic imine (C=N–C) groups is 1. The summed E-state index contributed by atoms with van der Waals surface area (Å²) in [5.41, 5.74) is 0.631. The van der Waals surface area contributed by atoms with E-state index in [1.165, 1.54) is 6.07 Å². The number of halogens is 1. The molecular weight excluding hydrogens is 359 g/mol. The number of nitrogens with one attached hydrogen (secondary N) is 2. The highest BCUT2D eigenvalue weighted by atomic mass is 19.1. The summed E-state index contributed by atoms with van der Waals surface area (Å²) in [4.78, 5) is 4.65. The lowest BCUT2D eigenvalue weighted by molar-refractivity contribution is 0.195. The summed E-state index contributed by atoms with van der Waals surface area (Å²) >= 11 is 0. The van der Waals surface area contributed by atoms with Gasteiger partial charge in [0, 0.05) is 39.3 Å². The van der Waals surface area contributed by atoms with Gasteiger partial charge in [-0.2, -0.15) is 0 Å². The second kappa shape index (κ2) is 9.14. The predicted molar refractivity (Wildman–Crippen MR) is 107 cm³/mol. The van der Waals surface area contributed by atoms with E-state index < -0.39 is 0 Å². The standard InChI is InChI=1S/C20H29FN6O/c1-15-25-26-18(27(15)2)13-23-19(22-11-6-12-28-3)24-14-20(9-10-20)16-7-4-5-8-17(16)21/h4-5,7-8H,6,9-14H2,1-3H3,(H2,22,23,24). The van der Waals surface area contributed by atoms with Gasteiger partial charge in [-0.15, -0.1) is 10.2 Å². The van der Waals surface area contributed by atoms with Gasteiger partial charge in [-0.25, -0.2) is 9.38 Å². The summed E-state index contributed by atoms with van der Waals surface area (Å²) in [6, 6.07) is 7.04. The molecule has 1 aliphatic carbocycles. The first-order valence-corrected chi connectivity index (χ1v) is 9.67. The minimum atomic E-state index is -0.151. The molecule has 2 N–H and O–H groups in total. The van der Waals surface area contributed by atoms with E-state index in [1.807, 2.05) is 30.7 Å². The molecule has 1 aromatic heterocycles. The summed E-state index contributed by atoms with van der Waals surface area (Å²) in [6.07, 6.45) is 2.82. The number of hydrogen-bond acceptors (Lipinski definition) is 4. The fourth-order valence-electron chi connectivity index (χ4n) is 3.17. The fourth-order valence-corrected chi connectivity index (χ4v) is 3.17. The smallest absolute Gasteiger partial charge is 0.191 e. The number of aromatic nitrogens is 3. The van der Waals surface area contributed by atoms with E-state index in [1.54, 1.807) is 13.2 Å². The van der Waals surface area contributed by atoms with Gasteiger partial charge in [-0.3, -0.25) is 0 Å². The molecule has 0 atom stereocenters. The highest BCUT2D eigenvalue weighted by Gasteiger charge is 2.45. The molecule has 3 rings (SSSR count). The zero-order valence-electron chi connectivity index (χ0n) is 16.8. The summed E-state index contributed by atoms with van der Waals surface area (Å²) in [7, 11) is 3.62. The zero-order valence-corrected chi connectivity index (χ0v) is 16.8. The molecule has 0 amide bonds. The number of nitrogens with zero attached hydrogens (tertiary/aromatic N) is 4. The third-order valence-corrected chi connectivity index (χ3v) is 5.27. The van der Waals surface area contributed by atoms with Crippen molar-refractivity contribution >= 4 is 5.96 Å². The van der Waals surface area contributed by atoms with E-state index >= 15 is 0 Å². The Labute approximate surface area is 165 Å². The van der Waals surface area contributed by atoms with Gasteiger partial charge in [-0.05, 0) is 37.8 Å². The molecule has 8 heteroatoms. The maximum Gasteiger partial charge on any atom is 0.191 e. The highest BCUT2D eigenvalue weighted by molar-refractivity contribution is 5.80. The van der Waals surface area contributed by atoms with Crippen LogP contribution in [0.4, 0.5) is 4.39 Å². The second-order valence-electron chi connectivity index (χ2n) is 7.27. The monoisotopic (exact) mass is 388 g/mol. The Morgan fingerprint density at radius 2 is 2.07 bits per heavy atom. The van der Waals surface area contributed by atoms with Crippen LogP contribution >= 0.6 is 0 Å². The number of guanidine groups is 1. The molecule has 1 heterocycles. The summed E-state index contributed by atoms with van der Waals surface area (Å²) < 4.78 is 21.3. The lowest BCUT2D eigenvalue weighted by atomic mass is 9.95. The van der Waals surface area contributed by atoms with Crippen molar-refractivity contribution in [2.45, 2.75) is 38.1 Å². The van der Waals surface area contributed by atoms with Crippen molar-refractivity contribution in [1.29, 1.82) is 0 Å². The van der Waals surface area contributed by atoms with Crippen molar-refractivity contribution in [3.63, 3.8) is 0 Å². The molecule has 0 radical (unpaired) electrons. The van der Waals surface area contributed by atoms with Gasteiger partial charge < -0.3 is 19.9 Å². The number of ether oxygens (including phenoxy) is 1. The molecule has 2 aromatic rings. The Bertz CT molecular complexity index is 815. The molecular formula is C20H29FN6O. The number of rotatable bonds is 9. The van der Waals surface area contributed by atoms with E-state index in [-0.39, 0.29) is 11.2 Å². The SMILES string of the molecule is COCCCNC(=NCc1nnc(C)n1C)NCC1(c2ccccc2F)CC1. The summed E-state index contributed by atoms with van der Waals surface area (Å²) in [6.45, 7) is 4.39. The molecule has 152 valence electrons. The average Bonchev–Trinajstić information content (AvgIpc) is 3.42. The third kappa shape index (κ3) is 4.86. The molecule has 0 spiro atoms. The number of benzene rings is 1. The van der Waals surface area contributed by atoms with Gasteiger partial charge in [0.25, 0.3) is 0 Å². The van der Waals surface area contributed by atoms with E-state index in [2.05, 4.69) is 25.8 Å². The minimum absolute atomic E-state index is 0.136. The Kier molecular flexibility index (Phi) is 6.61. The van der Waals surface area contributed by atoms with Crippen LogP contribution < -0.4 is 10.6 Å². The molecule has 0 unspecified atom stereocenters. The van der Waals surface area contributed by atoms with Crippen LogP contribution in [0.25, 0.3) is 0 Å². The van der Waals surface area contributed by atoms with Gasteiger partial charge in [0.15, 0.2) is 11.8 Å². The number of methoxy groups -OCH3 is 1. The van der Waals surface area contributed by atoms with Crippen LogP contribution in [-0.4, -0.2) is 47.5 Å². The van der Waals surface area contributed by atoms with Crippen molar-refractivity contribution < 1.29 is 9.13 Å². The summed E-state index contributed by atoms with van der Waals surface area (Å²) in [5, 5.41) is 14.9. The van der Waals surface area contributed by atoms with E-state index in [9.17, 15) is 4.39 Å². The van der Waals surface area contributed by atoms with Crippen LogP contribution in [0.2, 0.25) is 0 Å². The molecule has 1 fully saturated rings. The Morgan fingerprint density at radius 3 is 2.71 bits per heavy atom. The quantitative estimate of drug-likeness (QED) is 0.391. The molecule has 0 aliphatic heterocycles. The molecule has 7 nitrogen and oxygen atoms in total. The van der Waals surface area contributed by atoms with Crippen LogP contribution in [0, 0.1) is 12.7 Å². The first-order valence-electron chi connectivity index (χ1n) is 9.67. The largest absolute Gasteiger partial charge is 0.385 e. The topological polar surface area (TPSA) is 76.4 Å². The van der Waals surface area contributed by atoms with Gasteiger partial charge in [-0.1, -0.05) is 18.2 Å². The van der Waals surface area contributed by atoms with Gasteiger partial charge in [0.1, 0.15) is 18.2 Å². The van der Waals surface area contributed by atoms with Gasteiger partial charge in [0.05, 0.1) is 0 Å².